The lowest BCUT2D eigenvalue weighted by Gasteiger charge is -2.39. The van der Waals surface area contributed by atoms with E-state index in [0.29, 0.717) is 17.4 Å². The number of nitrogens with zero attached hydrogens (tertiary/aromatic N) is 2. The Bertz CT molecular complexity index is 617. The van der Waals surface area contributed by atoms with Crippen LogP contribution in [0.3, 0.4) is 0 Å². The third-order valence-electron chi connectivity index (χ3n) is 4.54. The van der Waals surface area contributed by atoms with Crippen LogP contribution in [0.25, 0.3) is 0 Å². The fourth-order valence-electron chi connectivity index (χ4n) is 3.09. The normalized spacial score (nSPS) is 19.4. The van der Waals surface area contributed by atoms with E-state index in [-0.39, 0.29) is 6.04 Å². The second-order valence-corrected chi connectivity index (χ2v) is 9.98. The Morgan fingerprint density at radius 2 is 1.83 bits per heavy atom. The van der Waals surface area contributed by atoms with Gasteiger partial charge in [0.05, 0.1) is 4.90 Å². The number of sulfonamides is 1. The van der Waals surface area contributed by atoms with Crippen LogP contribution < -0.4 is 4.72 Å². The highest BCUT2D eigenvalue weighted by atomic mass is 32.2. The lowest BCUT2D eigenvalue weighted by Crippen LogP contribution is -2.54. The van der Waals surface area contributed by atoms with Crippen molar-refractivity contribution in [3.63, 3.8) is 0 Å². The fraction of sp³-hybridized carbons (Fsp3) is 0.750. The highest BCUT2D eigenvalue weighted by Gasteiger charge is 2.27. The van der Waals surface area contributed by atoms with Gasteiger partial charge in [-0.1, -0.05) is 13.8 Å². The summed E-state index contributed by atoms with van der Waals surface area (Å²) >= 11 is 1.53. The van der Waals surface area contributed by atoms with E-state index >= 15 is 0 Å². The van der Waals surface area contributed by atoms with E-state index in [9.17, 15) is 8.42 Å². The largest absolute Gasteiger partial charge is 0.304 e. The number of piperazine rings is 1. The zero-order chi connectivity index (χ0) is 17.2. The van der Waals surface area contributed by atoms with E-state index in [2.05, 4.69) is 35.4 Å². The van der Waals surface area contributed by atoms with Gasteiger partial charge in [0.1, 0.15) is 0 Å². The first kappa shape index (κ1) is 18.9. The molecule has 0 bridgehead atoms. The van der Waals surface area contributed by atoms with Gasteiger partial charge in [0.25, 0.3) is 0 Å². The summed E-state index contributed by atoms with van der Waals surface area (Å²) in [5.74, 6) is 0.409. The number of thiophene rings is 1. The first-order valence-electron chi connectivity index (χ1n) is 8.20. The number of nitrogens with one attached hydrogen (secondary N) is 1. The van der Waals surface area contributed by atoms with Crippen molar-refractivity contribution in [3.8, 4) is 0 Å². The minimum absolute atomic E-state index is 0.235. The summed E-state index contributed by atoms with van der Waals surface area (Å²) in [6, 6.07) is 2.00. The van der Waals surface area contributed by atoms with Gasteiger partial charge in [-0.25, -0.2) is 13.1 Å². The molecule has 1 aliphatic heterocycles. The average Bonchev–Trinajstić information content (AvgIpc) is 2.80. The quantitative estimate of drug-likeness (QED) is 0.843. The summed E-state index contributed by atoms with van der Waals surface area (Å²) in [6.07, 6.45) is 0. The van der Waals surface area contributed by atoms with Crippen LogP contribution in [0.2, 0.25) is 0 Å². The summed E-state index contributed by atoms with van der Waals surface area (Å²) in [5.41, 5.74) is 0. The lowest BCUT2D eigenvalue weighted by molar-refractivity contribution is 0.0905. The molecule has 0 aromatic carbocycles. The lowest BCUT2D eigenvalue weighted by atomic mass is 10.0. The van der Waals surface area contributed by atoms with Crippen molar-refractivity contribution in [2.24, 2.45) is 5.92 Å². The van der Waals surface area contributed by atoms with Crippen molar-refractivity contribution in [2.45, 2.75) is 38.6 Å². The molecule has 0 aliphatic carbocycles. The Morgan fingerprint density at radius 3 is 2.30 bits per heavy atom. The number of hydrogen-bond donors (Lipinski definition) is 1. The summed E-state index contributed by atoms with van der Waals surface area (Å²) < 4.78 is 28.0. The van der Waals surface area contributed by atoms with Gasteiger partial charge >= 0.3 is 0 Å². The molecule has 23 heavy (non-hydrogen) atoms. The third kappa shape index (κ3) is 4.76. The minimum Gasteiger partial charge on any atom is -0.304 e. The molecule has 7 heteroatoms. The maximum absolute atomic E-state index is 12.6. The molecule has 5 nitrogen and oxygen atoms in total. The van der Waals surface area contributed by atoms with Crippen molar-refractivity contribution < 1.29 is 8.42 Å². The van der Waals surface area contributed by atoms with E-state index in [1.54, 1.807) is 6.07 Å². The van der Waals surface area contributed by atoms with E-state index in [4.69, 9.17) is 0 Å². The highest BCUT2D eigenvalue weighted by molar-refractivity contribution is 7.89. The second kappa shape index (κ2) is 7.61. The molecule has 1 aromatic rings. The van der Waals surface area contributed by atoms with Crippen LogP contribution in [-0.2, 0) is 10.0 Å². The maximum atomic E-state index is 12.6. The smallest absolute Gasteiger partial charge is 0.241 e. The molecule has 0 radical (unpaired) electrons. The van der Waals surface area contributed by atoms with E-state index < -0.39 is 10.0 Å². The minimum atomic E-state index is -3.42. The van der Waals surface area contributed by atoms with Gasteiger partial charge in [-0.15, -0.1) is 11.3 Å². The van der Waals surface area contributed by atoms with E-state index in [1.165, 1.54) is 11.3 Å². The van der Waals surface area contributed by atoms with Gasteiger partial charge in [-0.3, -0.25) is 4.90 Å². The molecule has 2 rings (SSSR count). The molecular weight excluding hydrogens is 330 g/mol. The monoisotopic (exact) mass is 359 g/mol. The van der Waals surface area contributed by atoms with Gasteiger partial charge in [0.2, 0.25) is 10.0 Å². The summed E-state index contributed by atoms with van der Waals surface area (Å²) in [5, 5.41) is 0. The van der Waals surface area contributed by atoms with Crippen LogP contribution >= 0.6 is 11.3 Å². The van der Waals surface area contributed by atoms with Gasteiger partial charge in [-0.05, 0) is 32.9 Å². The molecule has 132 valence electrons. The Morgan fingerprint density at radius 1 is 1.22 bits per heavy atom. The van der Waals surface area contributed by atoms with Crippen LogP contribution in [0.4, 0.5) is 0 Å². The highest BCUT2D eigenvalue weighted by Crippen LogP contribution is 2.25. The molecule has 1 N–H and O–H groups in total. The average molecular weight is 360 g/mol. The summed E-state index contributed by atoms with van der Waals surface area (Å²) in [6.45, 7) is 12.7. The van der Waals surface area contributed by atoms with Crippen molar-refractivity contribution in [1.29, 1.82) is 0 Å². The predicted molar refractivity (Wildman–Crippen MR) is 96.7 cm³/mol. The van der Waals surface area contributed by atoms with Gasteiger partial charge in [0.15, 0.2) is 0 Å². The van der Waals surface area contributed by atoms with Crippen LogP contribution in [0, 0.1) is 19.8 Å². The first-order chi connectivity index (χ1) is 10.7. The molecule has 0 amide bonds. The van der Waals surface area contributed by atoms with Crippen molar-refractivity contribution in [2.75, 3.05) is 39.8 Å². The number of rotatable bonds is 6. The van der Waals surface area contributed by atoms with Crippen molar-refractivity contribution in [1.82, 2.24) is 14.5 Å². The first-order valence-corrected chi connectivity index (χ1v) is 10.5. The molecule has 1 aliphatic rings. The number of likely N-dealkylation sites (N-methyl/N-ethyl adjacent to an activating group) is 1. The molecule has 1 atom stereocenters. The van der Waals surface area contributed by atoms with E-state index in [0.717, 1.165) is 35.9 Å². The molecule has 0 spiro atoms. The van der Waals surface area contributed by atoms with Crippen LogP contribution in [0.1, 0.15) is 23.6 Å². The zero-order valence-corrected chi connectivity index (χ0v) is 16.4. The van der Waals surface area contributed by atoms with Gasteiger partial charge in [0, 0.05) is 48.5 Å². The summed E-state index contributed by atoms with van der Waals surface area (Å²) in [7, 11) is -1.29. The summed E-state index contributed by atoms with van der Waals surface area (Å²) in [4.78, 5) is 7.05. The molecule has 1 fully saturated rings. The van der Waals surface area contributed by atoms with Crippen LogP contribution in [-0.4, -0.2) is 64.0 Å². The Balaban J connectivity index is 2.05. The number of hydrogen-bond acceptors (Lipinski definition) is 5. The number of aryl methyl sites for hydroxylation is 2. The van der Waals surface area contributed by atoms with Crippen LogP contribution in [0.15, 0.2) is 11.0 Å². The molecule has 1 unspecified atom stereocenters. The van der Waals surface area contributed by atoms with Gasteiger partial charge < -0.3 is 4.90 Å². The Kier molecular flexibility index (Phi) is 6.24. The van der Waals surface area contributed by atoms with Crippen LogP contribution in [0.5, 0.6) is 0 Å². The molecule has 1 saturated heterocycles. The molecular formula is C16H29N3O2S2. The Labute approximate surface area is 144 Å². The maximum Gasteiger partial charge on any atom is 0.241 e. The standard InChI is InChI=1S/C16H29N3O2S2/c1-12(2)15(19-8-6-18(5)7-9-19)11-17-23(20,21)16-10-13(3)22-14(16)4/h10,12,15,17H,6-9,11H2,1-5H3. The second-order valence-electron chi connectivity index (χ2n) is 6.78. The molecule has 2 heterocycles. The zero-order valence-electron chi connectivity index (χ0n) is 14.8. The Hall–Kier alpha value is -0.470. The van der Waals surface area contributed by atoms with E-state index in [1.807, 2.05) is 13.8 Å². The molecule has 0 saturated carbocycles. The van der Waals surface area contributed by atoms with Gasteiger partial charge in [-0.2, -0.15) is 0 Å². The fourth-order valence-corrected chi connectivity index (χ4v) is 5.69. The molecule has 1 aromatic heterocycles. The predicted octanol–water partition coefficient (Wildman–Crippen LogP) is 1.92. The van der Waals surface area contributed by atoms with Crippen molar-refractivity contribution >= 4 is 21.4 Å². The SMILES string of the molecule is Cc1cc(S(=O)(=O)NCC(C(C)C)N2CCN(C)CC2)c(C)s1. The third-order valence-corrected chi connectivity index (χ3v) is 7.19. The van der Waals surface area contributed by atoms with Crippen molar-refractivity contribution in [3.05, 3.63) is 15.8 Å². The topological polar surface area (TPSA) is 52.7 Å².